The van der Waals surface area contributed by atoms with Crippen LogP contribution >= 0.6 is 11.3 Å². The van der Waals surface area contributed by atoms with E-state index in [9.17, 15) is 14.4 Å². The highest BCUT2D eigenvalue weighted by Gasteiger charge is 2.25. The predicted molar refractivity (Wildman–Crippen MR) is 143 cm³/mol. The van der Waals surface area contributed by atoms with Gasteiger partial charge in [-0.05, 0) is 64.3 Å². The summed E-state index contributed by atoms with van der Waals surface area (Å²) in [5.74, 6) is -0.251. The largest absolute Gasteiger partial charge is 0.351 e. The lowest BCUT2D eigenvalue weighted by Gasteiger charge is -2.33. The fraction of sp³-hybridized carbons (Fsp3) is 0.481. The van der Waals surface area contributed by atoms with Crippen molar-refractivity contribution in [3.63, 3.8) is 0 Å². The van der Waals surface area contributed by atoms with Crippen LogP contribution in [0.5, 0.6) is 0 Å². The summed E-state index contributed by atoms with van der Waals surface area (Å²) in [5, 5.41) is 3.41. The Morgan fingerprint density at radius 1 is 1.22 bits per heavy atom. The van der Waals surface area contributed by atoms with Gasteiger partial charge in [0, 0.05) is 25.7 Å². The monoisotopic (exact) mass is 509 g/mol. The maximum atomic E-state index is 13.2. The highest BCUT2D eigenvalue weighted by Crippen LogP contribution is 2.26. The summed E-state index contributed by atoms with van der Waals surface area (Å²) in [6.07, 6.45) is 5.36. The maximum absolute atomic E-state index is 13.2. The Kier molecular flexibility index (Phi) is 8.53. The van der Waals surface area contributed by atoms with Crippen molar-refractivity contribution in [3.05, 3.63) is 63.0 Å². The van der Waals surface area contributed by atoms with Crippen molar-refractivity contribution in [1.82, 2.24) is 24.7 Å². The van der Waals surface area contributed by atoms with Crippen molar-refractivity contribution < 1.29 is 9.59 Å². The minimum Gasteiger partial charge on any atom is -0.351 e. The average molecular weight is 510 g/mol. The third-order valence-electron chi connectivity index (χ3n) is 6.85. The predicted octanol–water partition coefficient (Wildman–Crippen LogP) is 3.42. The summed E-state index contributed by atoms with van der Waals surface area (Å²) in [6.45, 7) is 6.80. The molecule has 0 bridgehead atoms. The molecule has 1 aromatic carbocycles. The van der Waals surface area contributed by atoms with Gasteiger partial charge < -0.3 is 15.1 Å². The van der Waals surface area contributed by atoms with E-state index in [1.807, 2.05) is 23.1 Å². The third-order valence-corrected chi connectivity index (χ3v) is 8.05. The molecule has 8 nitrogen and oxygen atoms in total. The van der Waals surface area contributed by atoms with E-state index in [1.165, 1.54) is 27.8 Å². The number of rotatable bonds is 9. The van der Waals surface area contributed by atoms with Crippen LogP contribution in [-0.2, 0) is 17.9 Å². The molecule has 1 aliphatic heterocycles. The Labute approximate surface area is 215 Å². The van der Waals surface area contributed by atoms with Gasteiger partial charge in [-0.1, -0.05) is 30.3 Å². The number of carbonyl (C=O) groups is 2. The Morgan fingerprint density at radius 3 is 2.75 bits per heavy atom. The fourth-order valence-electron chi connectivity index (χ4n) is 4.80. The van der Waals surface area contributed by atoms with E-state index in [-0.39, 0.29) is 30.0 Å². The number of carbonyl (C=O) groups excluding carboxylic acids is 2. The van der Waals surface area contributed by atoms with E-state index < -0.39 is 0 Å². The third kappa shape index (κ3) is 6.02. The van der Waals surface area contributed by atoms with E-state index in [1.54, 1.807) is 6.92 Å². The average Bonchev–Trinajstić information content (AvgIpc) is 3.21. The van der Waals surface area contributed by atoms with Crippen LogP contribution in [0.1, 0.15) is 53.4 Å². The molecule has 0 spiro atoms. The molecule has 1 saturated heterocycles. The van der Waals surface area contributed by atoms with E-state index in [0.29, 0.717) is 27.2 Å². The molecule has 1 atom stereocenters. The van der Waals surface area contributed by atoms with Crippen LogP contribution in [0, 0.1) is 6.92 Å². The van der Waals surface area contributed by atoms with Crippen LogP contribution in [0.15, 0.2) is 41.5 Å². The van der Waals surface area contributed by atoms with E-state index in [0.717, 1.165) is 45.3 Å². The fourth-order valence-corrected chi connectivity index (χ4v) is 5.85. The van der Waals surface area contributed by atoms with E-state index >= 15 is 0 Å². The summed E-state index contributed by atoms with van der Waals surface area (Å²) in [4.78, 5) is 48.4. The SMILES string of the molecule is Cc1c(C(=O)NCCCN(C)Cc2ccccc2)sc2ncn(CC(=O)N3CCCC[C@H]3C)c(=O)c12. The lowest BCUT2D eigenvalue weighted by Crippen LogP contribution is -2.44. The van der Waals surface area contributed by atoms with Crippen LogP contribution in [0.2, 0.25) is 0 Å². The topological polar surface area (TPSA) is 87.5 Å². The molecule has 192 valence electrons. The van der Waals surface area contributed by atoms with E-state index in [4.69, 9.17) is 0 Å². The first kappa shape index (κ1) is 26.0. The Balaban J connectivity index is 1.36. The van der Waals surface area contributed by atoms with Crippen LogP contribution in [0.4, 0.5) is 0 Å². The molecule has 1 N–H and O–H groups in total. The van der Waals surface area contributed by atoms with Gasteiger partial charge in [0.2, 0.25) is 5.91 Å². The second-order valence-electron chi connectivity index (χ2n) is 9.68. The van der Waals surface area contributed by atoms with Gasteiger partial charge in [-0.25, -0.2) is 4.98 Å². The minimum atomic E-state index is -0.270. The highest BCUT2D eigenvalue weighted by molar-refractivity contribution is 7.20. The first-order valence-corrected chi connectivity index (χ1v) is 13.5. The van der Waals surface area contributed by atoms with Gasteiger partial charge in [-0.3, -0.25) is 19.0 Å². The van der Waals surface area contributed by atoms with Gasteiger partial charge in [-0.15, -0.1) is 11.3 Å². The quantitative estimate of drug-likeness (QED) is 0.447. The lowest BCUT2D eigenvalue weighted by atomic mass is 10.0. The number of fused-ring (bicyclic) bond motifs is 1. The lowest BCUT2D eigenvalue weighted by molar-refractivity contribution is -0.135. The molecule has 2 amide bonds. The summed E-state index contributed by atoms with van der Waals surface area (Å²) >= 11 is 1.23. The van der Waals surface area contributed by atoms with Crippen molar-refractivity contribution in [1.29, 1.82) is 0 Å². The number of likely N-dealkylation sites (tertiary alicyclic amines) is 1. The number of hydrogen-bond acceptors (Lipinski definition) is 6. The zero-order chi connectivity index (χ0) is 25.7. The molecule has 4 rings (SSSR count). The molecule has 1 fully saturated rings. The van der Waals surface area contributed by atoms with Crippen molar-refractivity contribution >= 4 is 33.4 Å². The van der Waals surface area contributed by atoms with Gasteiger partial charge in [0.05, 0.1) is 16.6 Å². The molecule has 0 aliphatic carbocycles. The van der Waals surface area contributed by atoms with Crippen LogP contribution < -0.4 is 10.9 Å². The molecule has 2 aromatic heterocycles. The number of benzene rings is 1. The summed E-state index contributed by atoms with van der Waals surface area (Å²) < 4.78 is 1.37. The van der Waals surface area contributed by atoms with Crippen LogP contribution in [0.3, 0.4) is 0 Å². The molecule has 9 heteroatoms. The molecular formula is C27H35N5O3S. The smallest absolute Gasteiger partial charge is 0.262 e. The minimum absolute atomic E-state index is 0.0283. The molecule has 0 unspecified atom stereocenters. The number of nitrogens with zero attached hydrogens (tertiary/aromatic N) is 4. The number of nitrogens with one attached hydrogen (secondary N) is 1. The van der Waals surface area contributed by atoms with Crippen LogP contribution in [0.25, 0.3) is 10.2 Å². The molecule has 3 heterocycles. The number of amides is 2. The molecule has 0 radical (unpaired) electrons. The molecule has 1 aliphatic rings. The Bertz CT molecular complexity index is 1270. The molecular weight excluding hydrogens is 474 g/mol. The first-order chi connectivity index (χ1) is 17.3. The number of piperidine rings is 1. The number of thiophene rings is 1. The van der Waals surface area contributed by atoms with Gasteiger partial charge in [0.1, 0.15) is 11.4 Å². The van der Waals surface area contributed by atoms with Crippen molar-refractivity contribution in [2.24, 2.45) is 0 Å². The van der Waals surface area contributed by atoms with Crippen LogP contribution in [-0.4, -0.2) is 63.9 Å². The number of hydrogen-bond donors (Lipinski definition) is 1. The van der Waals surface area contributed by atoms with Gasteiger partial charge in [0.25, 0.3) is 11.5 Å². The molecule has 3 aromatic rings. The maximum Gasteiger partial charge on any atom is 0.262 e. The van der Waals surface area contributed by atoms with Gasteiger partial charge in [0.15, 0.2) is 0 Å². The van der Waals surface area contributed by atoms with Gasteiger partial charge in [-0.2, -0.15) is 0 Å². The summed E-state index contributed by atoms with van der Waals surface area (Å²) in [6, 6.07) is 10.5. The standard InChI is InChI=1S/C27H35N5O3S/c1-19-10-7-8-15-32(19)22(33)17-31-18-29-26-23(27(31)35)20(2)24(36-26)25(34)28-13-9-14-30(3)16-21-11-5-4-6-12-21/h4-6,11-12,18-19H,7-10,13-17H2,1-3H3,(H,28,34)/t19-/m1/s1. The number of aryl methyl sites for hydroxylation is 1. The first-order valence-electron chi connectivity index (χ1n) is 12.6. The zero-order valence-corrected chi connectivity index (χ0v) is 22.1. The van der Waals surface area contributed by atoms with Crippen molar-refractivity contribution in [3.8, 4) is 0 Å². The zero-order valence-electron chi connectivity index (χ0n) is 21.3. The molecule has 0 saturated carbocycles. The highest BCUT2D eigenvalue weighted by atomic mass is 32.1. The Hall–Kier alpha value is -3.04. The summed E-state index contributed by atoms with van der Waals surface area (Å²) in [7, 11) is 2.07. The normalized spacial score (nSPS) is 16.0. The second-order valence-corrected chi connectivity index (χ2v) is 10.7. The summed E-state index contributed by atoms with van der Waals surface area (Å²) in [5.41, 5.74) is 1.61. The Morgan fingerprint density at radius 2 is 2.00 bits per heavy atom. The van der Waals surface area contributed by atoms with E-state index in [2.05, 4.69) is 41.3 Å². The molecule has 36 heavy (non-hydrogen) atoms. The van der Waals surface area contributed by atoms with Gasteiger partial charge >= 0.3 is 0 Å². The van der Waals surface area contributed by atoms with Crippen molar-refractivity contribution in [2.45, 2.75) is 58.7 Å². The second kappa shape index (κ2) is 11.8. The van der Waals surface area contributed by atoms with Crippen molar-refractivity contribution in [2.75, 3.05) is 26.7 Å². The number of aromatic nitrogens is 2.